The van der Waals surface area contributed by atoms with Crippen molar-refractivity contribution in [1.82, 2.24) is 10.9 Å². The number of nitrogens with one attached hydrogen (secondary N) is 2. The van der Waals surface area contributed by atoms with Crippen LogP contribution < -0.4 is 10.9 Å². The topological polar surface area (TPSA) is 50.4 Å². The van der Waals surface area contributed by atoms with Gasteiger partial charge in [0.05, 0.1) is 0 Å². The van der Waals surface area contributed by atoms with Crippen LogP contribution in [-0.4, -0.2) is 11.7 Å². The van der Waals surface area contributed by atoms with Crippen molar-refractivity contribution in [1.29, 1.82) is 0 Å². The molecule has 1 rings (SSSR count). The van der Waals surface area contributed by atoms with Crippen molar-refractivity contribution in [2.45, 2.75) is 39.2 Å². The predicted octanol–water partition coefficient (Wildman–Crippen LogP) is 3.33. The molecule has 19 heavy (non-hydrogen) atoms. The molecule has 0 saturated heterocycles. The van der Waals surface area contributed by atoms with Gasteiger partial charge in [0.1, 0.15) is 5.60 Å². The van der Waals surface area contributed by atoms with Gasteiger partial charge in [0, 0.05) is 11.6 Å². The molecule has 2 N–H and O–H groups in total. The van der Waals surface area contributed by atoms with Gasteiger partial charge in [-0.15, -0.1) is 0 Å². The summed E-state index contributed by atoms with van der Waals surface area (Å²) in [6.45, 7) is 11.4. The molecule has 0 saturated carbocycles. The Morgan fingerprint density at radius 3 is 2.32 bits per heavy atom. The highest BCUT2D eigenvalue weighted by atomic mass is 16.6. The van der Waals surface area contributed by atoms with Crippen LogP contribution in [0.25, 0.3) is 0 Å². The number of rotatable bonds is 4. The Hall–Kier alpha value is -1.97. The quantitative estimate of drug-likeness (QED) is 0.818. The third kappa shape index (κ3) is 5.46. The zero-order chi connectivity index (χ0) is 14.5. The molecule has 1 amide bonds. The van der Waals surface area contributed by atoms with Crippen LogP contribution in [0.4, 0.5) is 4.79 Å². The van der Waals surface area contributed by atoms with Gasteiger partial charge >= 0.3 is 6.09 Å². The number of amides is 1. The number of allylic oxidation sites excluding steroid dienone is 1. The van der Waals surface area contributed by atoms with E-state index in [1.165, 1.54) is 0 Å². The summed E-state index contributed by atoms with van der Waals surface area (Å²) in [6, 6.07) is 9.95. The summed E-state index contributed by atoms with van der Waals surface area (Å²) in [4.78, 5) is 11.5. The molecule has 0 fully saturated rings. The minimum atomic E-state index is -0.520. The van der Waals surface area contributed by atoms with Crippen LogP contribution in [-0.2, 0) is 4.74 Å². The second-order valence-electron chi connectivity index (χ2n) is 5.41. The van der Waals surface area contributed by atoms with Crippen molar-refractivity contribution >= 4 is 6.09 Å². The zero-order valence-electron chi connectivity index (χ0n) is 12.0. The maximum Gasteiger partial charge on any atom is 0.426 e. The normalized spacial score (nSPS) is 12.4. The molecule has 4 heteroatoms. The molecule has 0 aliphatic rings. The van der Waals surface area contributed by atoms with Gasteiger partial charge in [-0.05, 0) is 26.3 Å². The first-order valence-electron chi connectivity index (χ1n) is 6.28. The second kappa shape index (κ2) is 6.27. The lowest BCUT2D eigenvalue weighted by atomic mass is 9.99. The zero-order valence-corrected chi connectivity index (χ0v) is 12.0. The van der Waals surface area contributed by atoms with E-state index in [-0.39, 0.29) is 5.92 Å². The van der Waals surface area contributed by atoms with Gasteiger partial charge in [-0.3, -0.25) is 5.43 Å². The van der Waals surface area contributed by atoms with E-state index >= 15 is 0 Å². The van der Waals surface area contributed by atoms with E-state index in [2.05, 4.69) is 17.4 Å². The van der Waals surface area contributed by atoms with Gasteiger partial charge in [-0.25, -0.2) is 10.2 Å². The summed E-state index contributed by atoms with van der Waals surface area (Å²) in [6.07, 6.45) is -0.520. The Labute approximate surface area is 114 Å². The van der Waals surface area contributed by atoms with Crippen LogP contribution in [0, 0.1) is 0 Å². The van der Waals surface area contributed by atoms with E-state index in [1.54, 1.807) is 0 Å². The predicted molar refractivity (Wildman–Crippen MR) is 76.5 cm³/mol. The lowest BCUT2D eigenvalue weighted by Crippen LogP contribution is -2.41. The van der Waals surface area contributed by atoms with Crippen LogP contribution in [0.5, 0.6) is 0 Å². The Balaban J connectivity index is 2.46. The molecule has 4 nitrogen and oxygen atoms in total. The molecule has 0 heterocycles. The standard InChI is InChI=1S/C15H22N2O2/c1-11(13-9-7-6-8-10-13)12(2)16-17-14(18)19-15(3,4)5/h6-11,16H,2H2,1,3-5H3,(H,17,18). The molecule has 1 aromatic rings. The first kappa shape index (κ1) is 15.1. The summed E-state index contributed by atoms with van der Waals surface area (Å²) in [5.41, 5.74) is 6.58. The van der Waals surface area contributed by atoms with E-state index in [1.807, 2.05) is 58.0 Å². The van der Waals surface area contributed by atoms with Crippen molar-refractivity contribution in [2.75, 3.05) is 0 Å². The highest BCUT2D eigenvalue weighted by Gasteiger charge is 2.16. The van der Waals surface area contributed by atoms with E-state index in [4.69, 9.17) is 4.74 Å². The molecule has 1 aromatic carbocycles. The molecule has 0 spiro atoms. The summed E-state index contributed by atoms with van der Waals surface area (Å²) in [5.74, 6) is 0.0936. The molecule has 0 radical (unpaired) electrons. The van der Waals surface area contributed by atoms with Gasteiger partial charge in [0.25, 0.3) is 0 Å². The summed E-state index contributed by atoms with van der Waals surface area (Å²) < 4.78 is 5.12. The highest BCUT2D eigenvalue weighted by Crippen LogP contribution is 2.19. The third-order valence-corrected chi connectivity index (χ3v) is 2.55. The first-order valence-corrected chi connectivity index (χ1v) is 6.28. The van der Waals surface area contributed by atoms with Crippen molar-refractivity contribution < 1.29 is 9.53 Å². The Morgan fingerprint density at radius 2 is 1.79 bits per heavy atom. The minimum absolute atomic E-state index is 0.0936. The van der Waals surface area contributed by atoms with Crippen LogP contribution in [0.3, 0.4) is 0 Å². The molecule has 0 bridgehead atoms. The SMILES string of the molecule is C=C(NNC(=O)OC(C)(C)C)C(C)c1ccccc1. The average Bonchev–Trinajstić information content (AvgIpc) is 2.34. The smallest absolute Gasteiger partial charge is 0.426 e. The van der Waals surface area contributed by atoms with E-state index < -0.39 is 11.7 Å². The van der Waals surface area contributed by atoms with Gasteiger partial charge in [-0.1, -0.05) is 43.8 Å². The minimum Gasteiger partial charge on any atom is -0.443 e. The number of carbonyl (C=O) groups excluding carboxylic acids is 1. The largest absolute Gasteiger partial charge is 0.443 e. The Morgan fingerprint density at radius 1 is 1.21 bits per heavy atom. The number of hydrogen-bond donors (Lipinski definition) is 2. The molecule has 0 aliphatic heterocycles. The fourth-order valence-corrected chi connectivity index (χ4v) is 1.49. The fraction of sp³-hybridized carbons (Fsp3) is 0.400. The number of benzene rings is 1. The third-order valence-electron chi connectivity index (χ3n) is 2.55. The maximum atomic E-state index is 11.5. The Kier molecular flexibility index (Phi) is 4.98. The summed E-state index contributed by atoms with van der Waals surface area (Å²) in [7, 11) is 0. The number of hydrazine groups is 1. The molecule has 1 atom stereocenters. The van der Waals surface area contributed by atoms with Crippen LogP contribution in [0.15, 0.2) is 42.6 Å². The van der Waals surface area contributed by atoms with E-state index in [0.29, 0.717) is 5.70 Å². The molecular formula is C15H22N2O2. The highest BCUT2D eigenvalue weighted by molar-refractivity contribution is 5.67. The molecule has 104 valence electrons. The first-order chi connectivity index (χ1) is 8.79. The maximum absolute atomic E-state index is 11.5. The summed E-state index contributed by atoms with van der Waals surface area (Å²) in [5, 5.41) is 0. The summed E-state index contributed by atoms with van der Waals surface area (Å²) >= 11 is 0. The van der Waals surface area contributed by atoms with Crippen LogP contribution in [0.1, 0.15) is 39.2 Å². The van der Waals surface area contributed by atoms with E-state index in [9.17, 15) is 4.79 Å². The van der Waals surface area contributed by atoms with Crippen molar-refractivity contribution in [3.05, 3.63) is 48.2 Å². The van der Waals surface area contributed by atoms with Crippen molar-refractivity contribution in [3.8, 4) is 0 Å². The molecule has 0 aromatic heterocycles. The monoisotopic (exact) mass is 262 g/mol. The van der Waals surface area contributed by atoms with E-state index in [0.717, 1.165) is 5.56 Å². The van der Waals surface area contributed by atoms with Gasteiger partial charge in [-0.2, -0.15) is 0 Å². The van der Waals surface area contributed by atoms with Gasteiger partial charge < -0.3 is 4.74 Å². The lowest BCUT2D eigenvalue weighted by molar-refractivity contribution is 0.0505. The van der Waals surface area contributed by atoms with Crippen LogP contribution in [0.2, 0.25) is 0 Å². The van der Waals surface area contributed by atoms with Gasteiger partial charge in [0.2, 0.25) is 0 Å². The molecule has 1 unspecified atom stereocenters. The lowest BCUT2D eigenvalue weighted by Gasteiger charge is -2.22. The van der Waals surface area contributed by atoms with Gasteiger partial charge in [0.15, 0.2) is 0 Å². The molecular weight excluding hydrogens is 240 g/mol. The number of hydrogen-bond acceptors (Lipinski definition) is 3. The van der Waals surface area contributed by atoms with Crippen molar-refractivity contribution in [3.63, 3.8) is 0 Å². The Bertz CT molecular complexity index is 435. The van der Waals surface area contributed by atoms with Crippen molar-refractivity contribution in [2.24, 2.45) is 0 Å². The number of carbonyl (C=O) groups is 1. The molecule has 0 aliphatic carbocycles. The average molecular weight is 262 g/mol. The fourth-order valence-electron chi connectivity index (χ4n) is 1.49. The number of ether oxygens (including phenoxy) is 1. The van der Waals surface area contributed by atoms with Crippen LogP contribution >= 0.6 is 0 Å². The second-order valence-corrected chi connectivity index (χ2v) is 5.41.